The molecule has 0 saturated carbocycles. The molecular weight excluding hydrogens is 308 g/mol. The lowest BCUT2D eigenvalue weighted by Gasteiger charge is -2.40. The van der Waals surface area contributed by atoms with E-state index in [-0.39, 0.29) is 5.41 Å². The summed E-state index contributed by atoms with van der Waals surface area (Å²) in [4.78, 5) is 11.2. The van der Waals surface area contributed by atoms with E-state index in [1.165, 1.54) is 11.1 Å². The lowest BCUT2D eigenvalue weighted by atomic mass is 9.78. The van der Waals surface area contributed by atoms with Crippen LogP contribution in [0.1, 0.15) is 25.0 Å². The number of rotatable bonds is 3. The molecule has 0 radical (unpaired) electrons. The van der Waals surface area contributed by atoms with Gasteiger partial charge in [-0.2, -0.15) is 0 Å². The summed E-state index contributed by atoms with van der Waals surface area (Å²) in [7, 11) is 0. The fourth-order valence-electron chi connectivity index (χ4n) is 3.56. The number of hydrogen-bond acceptors (Lipinski definition) is 4. The normalized spacial score (nSPS) is 15.5. The van der Waals surface area contributed by atoms with Gasteiger partial charge in [0, 0.05) is 30.3 Å². The first-order chi connectivity index (χ1) is 12.1. The van der Waals surface area contributed by atoms with Crippen molar-refractivity contribution in [2.45, 2.75) is 25.8 Å². The number of nitrogens with one attached hydrogen (secondary N) is 1. The molecule has 0 saturated heterocycles. The molecule has 4 heteroatoms. The van der Waals surface area contributed by atoms with E-state index >= 15 is 0 Å². The molecule has 1 aromatic heterocycles. The Bertz CT molecular complexity index is 874. The van der Waals surface area contributed by atoms with Crippen LogP contribution in [0.3, 0.4) is 0 Å². The maximum atomic E-state index is 4.52. The zero-order valence-electron chi connectivity index (χ0n) is 14.6. The molecule has 25 heavy (non-hydrogen) atoms. The van der Waals surface area contributed by atoms with E-state index in [9.17, 15) is 0 Å². The number of nitrogens with zero attached hydrogens (tertiary/aromatic N) is 3. The summed E-state index contributed by atoms with van der Waals surface area (Å²) < 4.78 is 0. The number of para-hydroxylation sites is 1. The van der Waals surface area contributed by atoms with E-state index in [1.807, 2.05) is 36.4 Å². The molecule has 0 atom stereocenters. The van der Waals surface area contributed by atoms with Crippen molar-refractivity contribution in [3.8, 4) is 0 Å². The predicted molar refractivity (Wildman–Crippen MR) is 102 cm³/mol. The third kappa shape index (κ3) is 3.20. The lowest BCUT2D eigenvalue weighted by molar-refractivity contribution is 0.474. The Morgan fingerprint density at radius 2 is 1.72 bits per heavy atom. The lowest BCUT2D eigenvalue weighted by Crippen LogP contribution is -2.42. The molecule has 2 heterocycles. The minimum absolute atomic E-state index is 0.0901. The summed E-state index contributed by atoms with van der Waals surface area (Å²) in [5, 5.41) is 3.35. The van der Waals surface area contributed by atoms with Gasteiger partial charge in [-0.3, -0.25) is 0 Å². The van der Waals surface area contributed by atoms with Gasteiger partial charge in [-0.25, -0.2) is 9.97 Å². The Hall–Kier alpha value is -2.88. The first-order valence-electron chi connectivity index (χ1n) is 8.59. The van der Waals surface area contributed by atoms with Crippen LogP contribution >= 0.6 is 0 Å². The first kappa shape index (κ1) is 15.6. The second-order valence-corrected chi connectivity index (χ2v) is 7.15. The molecule has 0 bridgehead atoms. The number of anilines is 3. The highest BCUT2D eigenvalue weighted by atomic mass is 15.2. The largest absolute Gasteiger partial charge is 0.351 e. The zero-order valence-corrected chi connectivity index (χ0v) is 14.6. The molecule has 0 spiro atoms. The molecule has 0 aliphatic carbocycles. The maximum Gasteiger partial charge on any atom is 0.135 e. The van der Waals surface area contributed by atoms with Crippen LogP contribution < -0.4 is 10.2 Å². The van der Waals surface area contributed by atoms with E-state index in [4.69, 9.17) is 0 Å². The summed E-state index contributed by atoms with van der Waals surface area (Å²) in [6, 6.07) is 20.8. The summed E-state index contributed by atoms with van der Waals surface area (Å²) >= 11 is 0. The molecule has 126 valence electrons. The number of hydrogen-bond donors (Lipinski definition) is 1. The van der Waals surface area contributed by atoms with Crippen molar-refractivity contribution in [2.75, 3.05) is 16.8 Å². The van der Waals surface area contributed by atoms with Gasteiger partial charge in [-0.1, -0.05) is 56.3 Å². The van der Waals surface area contributed by atoms with Gasteiger partial charge in [0.1, 0.15) is 18.0 Å². The Morgan fingerprint density at radius 3 is 2.56 bits per heavy atom. The highest BCUT2D eigenvalue weighted by Crippen LogP contribution is 2.35. The van der Waals surface area contributed by atoms with E-state index < -0.39 is 0 Å². The van der Waals surface area contributed by atoms with Gasteiger partial charge >= 0.3 is 0 Å². The van der Waals surface area contributed by atoms with E-state index in [2.05, 4.69) is 58.3 Å². The number of fused-ring (bicyclic) bond motifs is 1. The van der Waals surface area contributed by atoms with Gasteiger partial charge in [0.2, 0.25) is 0 Å². The SMILES string of the molecule is CC1(C)CN(c2cc(Nc3ccccc3)ncn2)Cc2ccccc21. The van der Waals surface area contributed by atoms with Crippen LogP contribution in [0.2, 0.25) is 0 Å². The summed E-state index contributed by atoms with van der Waals surface area (Å²) in [5.41, 5.74) is 3.92. The third-order valence-electron chi connectivity index (χ3n) is 4.72. The van der Waals surface area contributed by atoms with Crippen molar-refractivity contribution in [3.63, 3.8) is 0 Å². The van der Waals surface area contributed by atoms with Gasteiger partial charge in [-0.05, 0) is 23.3 Å². The predicted octanol–water partition coefficient (Wildman–Crippen LogP) is 4.52. The molecule has 3 aromatic rings. The Morgan fingerprint density at radius 1 is 0.960 bits per heavy atom. The van der Waals surface area contributed by atoms with Gasteiger partial charge in [-0.15, -0.1) is 0 Å². The minimum Gasteiger partial charge on any atom is -0.351 e. The topological polar surface area (TPSA) is 41.0 Å². The molecule has 1 aliphatic heterocycles. The summed E-state index contributed by atoms with van der Waals surface area (Å²) in [5.74, 6) is 1.77. The van der Waals surface area contributed by atoms with Crippen LogP contribution in [0, 0.1) is 0 Å². The summed E-state index contributed by atoms with van der Waals surface area (Å²) in [6.07, 6.45) is 1.63. The van der Waals surface area contributed by atoms with Gasteiger partial charge in [0.05, 0.1) is 0 Å². The average molecular weight is 330 g/mol. The number of aromatic nitrogens is 2. The number of benzene rings is 2. The second kappa shape index (κ2) is 6.20. The Kier molecular flexibility index (Phi) is 3.88. The van der Waals surface area contributed by atoms with Crippen molar-refractivity contribution in [1.82, 2.24) is 9.97 Å². The molecule has 0 amide bonds. The highest BCUT2D eigenvalue weighted by Gasteiger charge is 2.32. The fourth-order valence-corrected chi connectivity index (χ4v) is 3.56. The van der Waals surface area contributed by atoms with E-state index in [1.54, 1.807) is 6.33 Å². The molecule has 2 aromatic carbocycles. The summed E-state index contributed by atoms with van der Waals surface area (Å²) in [6.45, 7) is 6.40. The Balaban J connectivity index is 1.62. The van der Waals surface area contributed by atoms with Gasteiger partial charge in [0.15, 0.2) is 0 Å². The molecule has 1 N–H and O–H groups in total. The van der Waals surface area contributed by atoms with Crippen molar-refractivity contribution in [1.29, 1.82) is 0 Å². The van der Waals surface area contributed by atoms with Crippen molar-refractivity contribution < 1.29 is 0 Å². The molecule has 0 unspecified atom stereocenters. The van der Waals surface area contributed by atoms with Gasteiger partial charge < -0.3 is 10.2 Å². The quantitative estimate of drug-likeness (QED) is 0.767. The molecule has 0 fully saturated rings. The smallest absolute Gasteiger partial charge is 0.135 e. The van der Waals surface area contributed by atoms with Crippen LogP contribution in [0.4, 0.5) is 17.3 Å². The molecular formula is C21H22N4. The van der Waals surface area contributed by atoms with Crippen molar-refractivity contribution >= 4 is 17.3 Å². The molecule has 1 aliphatic rings. The maximum absolute atomic E-state index is 4.52. The second-order valence-electron chi connectivity index (χ2n) is 7.15. The van der Waals surface area contributed by atoms with Crippen LogP contribution in [-0.2, 0) is 12.0 Å². The van der Waals surface area contributed by atoms with Crippen LogP contribution in [0.25, 0.3) is 0 Å². The van der Waals surface area contributed by atoms with Crippen LogP contribution in [0.15, 0.2) is 67.0 Å². The standard InChI is InChI=1S/C21H22N4/c1-21(2)14-25(13-16-8-6-7-11-18(16)21)20-12-19(22-15-23-20)24-17-9-4-3-5-10-17/h3-12,15H,13-14H2,1-2H3,(H,22,23,24). The highest BCUT2D eigenvalue weighted by molar-refractivity contribution is 5.60. The van der Waals surface area contributed by atoms with E-state index in [0.717, 1.165) is 30.4 Å². The average Bonchev–Trinajstić information content (AvgIpc) is 2.62. The van der Waals surface area contributed by atoms with E-state index in [0.29, 0.717) is 0 Å². The molecule has 4 rings (SSSR count). The first-order valence-corrected chi connectivity index (χ1v) is 8.59. The minimum atomic E-state index is 0.0901. The molecule has 4 nitrogen and oxygen atoms in total. The van der Waals surface area contributed by atoms with Crippen LogP contribution in [0.5, 0.6) is 0 Å². The zero-order chi connectivity index (χ0) is 17.3. The van der Waals surface area contributed by atoms with Crippen molar-refractivity contribution in [3.05, 3.63) is 78.1 Å². The monoisotopic (exact) mass is 330 g/mol. The fraction of sp³-hybridized carbons (Fsp3) is 0.238. The third-order valence-corrected chi connectivity index (χ3v) is 4.72. The van der Waals surface area contributed by atoms with Crippen molar-refractivity contribution in [2.24, 2.45) is 0 Å². The van der Waals surface area contributed by atoms with Gasteiger partial charge in [0.25, 0.3) is 0 Å². The van der Waals surface area contributed by atoms with Crippen LogP contribution in [-0.4, -0.2) is 16.5 Å². The Labute approximate surface area is 148 Å².